The van der Waals surface area contributed by atoms with E-state index in [4.69, 9.17) is 4.74 Å². The molecule has 0 aromatic heterocycles. The van der Waals surface area contributed by atoms with Crippen molar-refractivity contribution in [2.75, 3.05) is 32.8 Å². The summed E-state index contributed by atoms with van der Waals surface area (Å²) < 4.78 is 70.5. The van der Waals surface area contributed by atoms with E-state index in [-0.39, 0.29) is 18.6 Å². The van der Waals surface area contributed by atoms with Crippen LogP contribution in [-0.4, -0.2) is 43.9 Å². The minimum absolute atomic E-state index is 0.0220. The lowest BCUT2D eigenvalue weighted by Gasteiger charge is -2.25. The number of halogens is 5. The minimum atomic E-state index is -5.88. The van der Waals surface area contributed by atoms with Gasteiger partial charge >= 0.3 is 12.1 Å². The molecule has 2 N–H and O–H groups in total. The number of piperidine rings is 2. The Morgan fingerprint density at radius 1 is 1.00 bits per heavy atom. The van der Waals surface area contributed by atoms with Gasteiger partial charge in [0.05, 0.1) is 17.1 Å². The maximum atomic E-state index is 13.7. The number of rotatable bonds is 5. The van der Waals surface area contributed by atoms with Crippen molar-refractivity contribution in [2.45, 2.75) is 44.2 Å². The molecule has 1 aromatic carbocycles. The summed E-state index contributed by atoms with van der Waals surface area (Å²) in [5, 5.41) is 17.1. The van der Waals surface area contributed by atoms with Crippen LogP contribution < -0.4 is 15.4 Å². The second kappa shape index (κ2) is 10.9. The number of nitro benzene ring substituents is 1. The Balaban J connectivity index is 0.000000456. The maximum absolute atomic E-state index is 13.7. The third-order valence-corrected chi connectivity index (χ3v) is 5.01. The predicted octanol–water partition coefficient (Wildman–Crippen LogP) is 4.39. The SMILES string of the molecule is C1CCNCC1.O=[N+]([O-])c1ccc(OCC2CCNCC2)c(C(F)(F)C(F)(F)F)c1. The highest BCUT2D eigenvalue weighted by Gasteiger charge is 2.60. The Kier molecular flexibility index (Phi) is 8.78. The van der Waals surface area contributed by atoms with Crippen molar-refractivity contribution < 1.29 is 31.6 Å². The summed E-state index contributed by atoms with van der Waals surface area (Å²) in [5.41, 5.74) is -2.40. The fourth-order valence-electron chi connectivity index (χ4n) is 3.21. The summed E-state index contributed by atoms with van der Waals surface area (Å²) in [6.45, 7) is 3.89. The molecule has 0 bridgehead atoms. The summed E-state index contributed by atoms with van der Waals surface area (Å²) in [6.07, 6.45) is -0.252. The van der Waals surface area contributed by atoms with Crippen molar-refractivity contribution in [1.29, 1.82) is 0 Å². The molecule has 2 aliphatic heterocycles. The molecule has 0 aliphatic carbocycles. The second-order valence-electron chi connectivity index (χ2n) is 7.32. The molecular formula is C19H26F5N3O3. The highest BCUT2D eigenvalue weighted by molar-refractivity contribution is 5.46. The third-order valence-electron chi connectivity index (χ3n) is 5.01. The zero-order chi connectivity index (χ0) is 22.2. The Morgan fingerprint density at radius 3 is 2.07 bits per heavy atom. The first-order chi connectivity index (χ1) is 14.1. The first-order valence-electron chi connectivity index (χ1n) is 9.90. The second-order valence-corrected chi connectivity index (χ2v) is 7.32. The van der Waals surface area contributed by atoms with Crippen LogP contribution in [0.4, 0.5) is 27.6 Å². The molecule has 3 rings (SSSR count). The van der Waals surface area contributed by atoms with E-state index in [0.717, 1.165) is 12.1 Å². The Bertz CT molecular complexity index is 679. The molecule has 0 spiro atoms. The van der Waals surface area contributed by atoms with Crippen LogP contribution in [0.5, 0.6) is 5.75 Å². The Hall–Kier alpha value is -2.01. The maximum Gasteiger partial charge on any atom is 0.458 e. The highest BCUT2D eigenvalue weighted by atomic mass is 19.4. The first kappa shape index (κ1) is 24.3. The van der Waals surface area contributed by atoms with Gasteiger partial charge in [-0.05, 0) is 63.8 Å². The summed E-state index contributed by atoms with van der Waals surface area (Å²) in [6, 6.07) is 1.84. The van der Waals surface area contributed by atoms with E-state index in [2.05, 4.69) is 10.6 Å². The molecule has 30 heavy (non-hydrogen) atoms. The zero-order valence-electron chi connectivity index (χ0n) is 16.4. The molecule has 0 saturated carbocycles. The van der Waals surface area contributed by atoms with Gasteiger partial charge in [-0.15, -0.1) is 0 Å². The van der Waals surface area contributed by atoms with Crippen molar-refractivity contribution in [3.63, 3.8) is 0 Å². The molecule has 0 amide bonds. The lowest BCUT2D eigenvalue weighted by molar-refractivity contribution is -0.385. The monoisotopic (exact) mass is 439 g/mol. The van der Waals surface area contributed by atoms with Crippen LogP contribution in [0.3, 0.4) is 0 Å². The van der Waals surface area contributed by atoms with Crippen molar-refractivity contribution in [3.05, 3.63) is 33.9 Å². The third kappa shape index (κ3) is 6.76. The lowest BCUT2D eigenvalue weighted by atomic mass is 9.99. The molecule has 0 radical (unpaired) electrons. The van der Waals surface area contributed by atoms with Crippen molar-refractivity contribution in [3.8, 4) is 5.75 Å². The Labute approximate surface area is 171 Å². The van der Waals surface area contributed by atoms with Gasteiger partial charge in [-0.1, -0.05) is 6.42 Å². The minimum Gasteiger partial charge on any atom is -0.493 e. The normalized spacial score (nSPS) is 18.3. The van der Waals surface area contributed by atoms with Crippen LogP contribution in [-0.2, 0) is 5.92 Å². The van der Waals surface area contributed by atoms with E-state index >= 15 is 0 Å². The van der Waals surface area contributed by atoms with E-state index in [9.17, 15) is 32.1 Å². The number of ether oxygens (including phenoxy) is 1. The van der Waals surface area contributed by atoms with Crippen LogP contribution in [0, 0.1) is 16.0 Å². The topological polar surface area (TPSA) is 76.4 Å². The zero-order valence-corrected chi connectivity index (χ0v) is 16.4. The molecule has 0 unspecified atom stereocenters. The number of benzene rings is 1. The number of hydrogen-bond acceptors (Lipinski definition) is 5. The molecule has 2 fully saturated rings. The number of hydrogen-bond donors (Lipinski definition) is 2. The van der Waals surface area contributed by atoms with Crippen LogP contribution in [0.25, 0.3) is 0 Å². The lowest BCUT2D eigenvalue weighted by Crippen LogP contribution is -2.34. The van der Waals surface area contributed by atoms with Gasteiger partial charge in [-0.25, -0.2) is 0 Å². The van der Waals surface area contributed by atoms with E-state index < -0.39 is 34.0 Å². The van der Waals surface area contributed by atoms with E-state index in [1.54, 1.807) is 0 Å². The predicted molar refractivity (Wildman–Crippen MR) is 101 cm³/mol. The van der Waals surface area contributed by atoms with Gasteiger partial charge in [0, 0.05) is 12.1 Å². The Morgan fingerprint density at radius 2 is 1.60 bits per heavy atom. The molecule has 11 heteroatoms. The van der Waals surface area contributed by atoms with Crippen molar-refractivity contribution in [2.24, 2.45) is 5.92 Å². The summed E-state index contributed by atoms with van der Waals surface area (Å²) in [4.78, 5) is 9.64. The number of alkyl halides is 5. The van der Waals surface area contributed by atoms with E-state index in [1.807, 2.05) is 0 Å². The standard InChI is InChI=1S/C14H15F5N2O3.C5H11N/c15-13(16,14(17,18)19)11-7-10(21(22)23)1-2-12(11)24-8-9-3-5-20-6-4-9;1-2-4-6-5-3-1/h1-2,7,9,20H,3-6,8H2;6H,1-5H2. The van der Waals surface area contributed by atoms with Gasteiger partial charge in [-0.2, -0.15) is 22.0 Å². The van der Waals surface area contributed by atoms with Gasteiger partial charge in [0.15, 0.2) is 0 Å². The summed E-state index contributed by atoms with van der Waals surface area (Å²) in [7, 11) is 0. The molecule has 170 valence electrons. The fraction of sp³-hybridized carbons (Fsp3) is 0.684. The van der Waals surface area contributed by atoms with Gasteiger partial charge < -0.3 is 15.4 Å². The average Bonchev–Trinajstić information content (AvgIpc) is 2.73. The highest BCUT2D eigenvalue weighted by Crippen LogP contribution is 2.48. The van der Waals surface area contributed by atoms with E-state index in [0.29, 0.717) is 25.9 Å². The van der Waals surface area contributed by atoms with Crippen LogP contribution in [0.15, 0.2) is 18.2 Å². The first-order valence-corrected chi connectivity index (χ1v) is 9.90. The van der Waals surface area contributed by atoms with Crippen molar-refractivity contribution >= 4 is 5.69 Å². The molecular weight excluding hydrogens is 413 g/mol. The van der Waals surface area contributed by atoms with Crippen LogP contribution >= 0.6 is 0 Å². The van der Waals surface area contributed by atoms with Gasteiger partial charge in [0.1, 0.15) is 5.75 Å². The number of nitrogens with zero attached hydrogens (tertiary/aromatic N) is 1. The smallest absolute Gasteiger partial charge is 0.458 e. The van der Waals surface area contributed by atoms with Gasteiger partial charge in [-0.3, -0.25) is 10.1 Å². The fourth-order valence-corrected chi connectivity index (χ4v) is 3.21. The molecule has 6 nitrogen and oxygen atoms in total. The number of nitrogens with one attached hydrogen (secondary N) is 2. The molecule has 1 aromatic rings. The van der Waals surface area contributed by atoms with Gasteiger partial charge in [0.2, 0.25) is 0 Å². The largest absolute Gasteiger partial charge is 0.493 e. The number of nitro groups is 1. The molecule has 2 saturated heterocycles. The van der Waals surface area contributed by atoms with Crippen LogP contribution in [0.1, 0.15) is 37.7 Å². The number of non-ortho nitro benzene ring substituents is 1. The quantitative estimate of drug-likeness (QED) is 0.404. The molecule has 2 aliphatic rings. The van der Waals surface area contributed by atoms with E-state index in [1.165, 1.54) is 32.4 Å². The van der Waals surface area contributed by atoms with Gasteiger partial charge in [0.25, 0.3) is 5.69 Å². The summed E-state index contributed by atoms with van der Waals surface area (Å²) >= 11 is 0. The average molecular weight is 439 g/mol. The van der Waals surface area contributed by atoms with Crippen molar-refractivity contribution in [1.82, 2.24) is 10.6 Å². The molecule has 2 heterocycles. The van der Waals surface area contributed by atoms with Crippen LogP contribution in [0.2, 0.25) is 0 Å². The summed E-state index contributed by atoms with van der Waals surface area (Å²) in [5.74, 6) is -5.92. The molecule has 0 atom stereocenters.